The number of esters is 1. The average Bonchev–Trinajstić information content (AvgIpc) is 2.94. The lowest BCUT2D eigenvalue weighted by molar-refractivity contribution is -0.151. The highest BCUT2D eigenvalue weighted by Crippen LogP contribution is 2.40. The van der Waals surface area contributed by atoms with Gasteiger partial charge in [-0.05, 0) is 32.1 Å². The van der Waals surface area contributed by atoms with Crippen LogP contribution in [-0.2, 0) is 15.1 Å². The first kappa shape index (κ1) is 14.5. The molecule has 0 saturated heterocycles. The van der Waals surface area contributed by atoms with Crippen LogP contribution in [0.15, 0.2) is 11.6 Å². The molecular formula is C14H21NO3S. The average molecular weight is 283 g/mol. The summed E-state index contributed by atoms with van der Waals surface area (Å²) in [5, 5.41) is 13.2. The molecule has 1 heterocycles. The molecule has 0 aromatic carbocycles. The van der Waals surface area contributed by atoms with Gasteiger partial charge in [-0.25, -0.2) is 4.98 Å². The van der Waals surface area contributed by atoms with Gasteiger partial charge in [-0.1, -0.05) is 13.3 Å². The van der Waals surface area contributed by atoms with E-state index in [1.54, 1.807) is 6.20 Å². The maximum absolute atomic E-state index is 11.9. The minimum Gasteiger partial charge on any atom is -0.465 e. The Morgan fingerprint density at radius 3 is 2.89 bits per heavy atom. The molecule has 0 radical (unpaired) electrons. The van der Waals surface area contributed by atoms with Crippen LogP contribution in [0.2, 0.25) is 0 Å². The molecule has 1 saturated carbocycles. The Morgan fingerprint density at radius 2 is 2.32 bits per heavy atom. The Balaban J connectivity index is 1.83. The lowest BCUT2D eigenvalue weighted by Gasteiger charge is -2.33. The summed E-state index contributed by atoms with van der Waals surface area (Å²) >= 11 is 1.48. The maximum atomic E-state index is 11.9. The van der Waals surface area contributed by atoms with Gasteiger partial charge in [0.2, 0.25) is 0 Å². The Bertz CT molecular complexity index is 397. The van der Waals surface area contributed by atoms with Gasteiger partial charge >= 0.3 is 5.97 Å². The topological polar surface area (TPSA) is 59.4 Å². The normalized spacial score (nSPS) is 27.2. The van der Waals surface area contributed by atoms with Gasteiger partial charge in [-0.3, -0.25) is 4.79 Å². The molecule has 1 aromatic rings. The van der Waals surface area contributed by atoms with Crippen molar-refractivity contribution in [3.8, 4) is 0 Å². The molecule has 1 aliphatic carbocycles. The van der Waals surface area contributed by atoms with E-state index in [1.807, 2.05) is 5.38 Å². The summed E-state index contributed by atoms with van der Waals surface area (Å²) in [4.78, 5) is 16.0. The predicted molar refractivity (Wildman–Crippen MR) is 73.8 cm³/mol. The van der Waals surface area contributed by atoms with Crippen LogP contribution in [0.4, 0.5) is 0 Å². The van der Waals surface area contributed by atoms with Crippen LogP contribution in [0.5, 0.6) is 0 Å². The van der Waals surface area contributed by atoms with E-state index in [1.165, 1.54) is 11.3 Å². The maximum Gasteiger partial charge on any atom is 0.308 e. The molecule has 4 nitrogen and oxygen atoms in total. The number of carbonyl (C=O) groups excluding carboxylic acids is 1. The van der Waals surface area contributed by atoms with Crippen LogP contribution in [0, 0.1) is 5.92 Å². The molecular weight excluding hydrogens is 262 g/mol. The molecule has 0 amide bonds. The third kappa shape index (κ3) is 3.54. The summed E-state index contributed by atoms with van der Waals surface area (Å²) in [6.07, 6.45) is 6.20. The molecule has 106 valence electrons. The van der Waals surface area contributed by atoms with Crippen LogP contribution >= 0.6 is 11.3 Å². The number of rotatable bonds is 5. The van der Waals surface area contributed by atoms with E-state index in [0.717, 1.165) is 17.8 Å². The van der Waals surface area contributed by atoms with Crippen molar-refractivity contribution in [2.24, 2.45) is 5.92 Å². The van der Waals surface area contributed by atoms with Crippen molar-refractivity contribution >= 4 is 17.3 Å². The number of nitrogens with zero attached hydrogens (tertiary/aromatic N) is 1. The van der Waals surface area contributed by atoms with E-state index >= 15 is 0 Å². The lowest BCUT2D eigenvalue weighted by atomic mass is 9.79. The fraction of sp³-hybridized carbons (Fsp3) is 0.714. The molecule has 1 aliphatic rings. The SMILES string of the molecule is CCCCOC(=O)C1CCC(O)(c2nccs2)CC1. The standard InChI is InChI=1S/C14H21NO3S/c1-2-3-9-18-12(16)11-4-6-14(17,7-5-11)13-15-8-10-19-13/h8,10-11,17H,2-7,9H2,1H3. The van der Waals surface area contributed by atoms with Crippen molar-refractivity contribution in [2.75, 3.05) is 6.61 Å². The fourth-order valence-corrected chi connectivity index (χ4v) is 3.23. The first-order valence-corrected chi connectivity index (χ1v) is 7.82. The summed E-state index contributed by atoms with van der Waals surface area (Å²) in [6, 6.07) is 0. The lowest BCUT2D eigenvalue weighted by Crippen LogP contribution is -2.34. The number of hydrogen-bond donors (Lipinski definition) is 1. The number of carbonyl (C=O) groups is 1. The number of thiazole rings is 1. The minimum atomic E-state index is -0.839. The van der Waals surface area contributed by atoms with Crippen LogP contribution in [0.1, 0.15) is 50.5 Å². The van der Waals surface area contributed by atoms with Gasteiger partial charge in [-0.2, -0.15) is 0 Å². The highest BCUT2D eigenvalue weighted by atomic mass is 32.1. The Hall–Kier alpha value is -0.940. The molecule has 0 bridgehead atoms. The summed E-state index contributed by atoms with van der Waals surface area (Å²) < 4.78 is 5.25. The third-order valence-electron chi connectivity index (χ3n) is 3.72. The molecule has 0 unspecified atom stereocenters. The summed E-state index contributed by atoms with van der Waals surface area (Å²) in [5.41, 5.74) is -0.839. The number of hydrogen-bond acceptors (Lipinski definition) is 5. The Morgan fingerprint density at radius 1 is 1.58 bits per heavy atom. The molecule has 0 aliphatic heterocycles. The highest BCUT2D eigenvalue weighted by Gasteiger charge is 2.39. The molecule has 0 spiro atoms. The zero-order valence-corrected chi connectivity index (χ0v) is 12.1. The van der Waals surface area contributed by atoms with E-state index in [4.69, 9.17) is 4.74 Å². The van der Waals surface area contributed by atoms with Gasteiger partial charge in [0.05, 0.1) is 12.5 Å². The molecule has 19 heavy (non-hydrogen) atoms. The Kier molecular flexibility index (Phi) is 4.93. The molecule has 1 aromatic heterocycles. The fourth-order valence-electron chi connectivity index (χ4n) is 2.43. The van der Waals surface area contributed by atoms with Crippen molar-refractivity contribution < 1.29 is 14.6 Å². The Labute approximate surface area is 117 Å². The number of aromatic nitrogens is 1. The van der Waals surface area contributed by atoms with E-state index < -0.39 is 5.60 Å². The van der Waals surface area contributed by atoms with E-state index in [0.29, 0.717) is 32.3 Å². The first-order valence-electron chi connectivity index (χ1n) is 6.94. The van der Waals surface area contributed by atoms with Crippen molar-refractivity contribution in [1.29, 1.82) is 0 Å². The third-order valence-corrected chi connectivity index (χ3v) is 4.69. The molecule has 0 atom stereocenters. The van der Waals surface area contributed by atoms with E-state index in [9.17, 15) is 9.90 Å². The van der Waals surface area contributed by atoms with E-state index in [2.05, 4.69) is 11.9 Å². The van der Waals surface area contributed by atoms with Gasteiger partial charge in [0.25, 0.3) is 0 Å². The molecule has 1 N–H and O–H groups in total. The molecule has 5 heteroatoms. The second-order valence-corrected chi connectivity index (χ2v) is 6.06. The number of unbranched alkanes of at least 4 members (excludes halogenated alkanes) is 1. The zero-order chi connectivity index (χ0) is 13.7. The van der Waals surface area contributed by atoms with Crippen molar-refractivity contribution in [1.82, 2.24) is 4.98 Å². The van der Waals surface area contributed by atoms with Gasteiger partial charge in [0.1, 0.15) is 10.6 Å². The second-order valence-electron chi connectivity index (χ2n) is 5.16. The zero-order valence-electron chi connectivity index (χ0n) is 11.3. The smallest absolute Gasteiger partial charge is 0.308 e. The van der Waals surface area contributed by atoms with Crippen LogP contribution < -0.4 is 0 Å². The largest absolute Gasteiger partial charge is 0.465 e. The van der Waals surface area contributed by atoms with Crippen LogP contribution in [0.3, 0.4) is 0 Å². The summed E-state index contributed by atoms with van der Waals surface area (Å²) in [5.74, 6) is -0.160. The predicted octanol–water partition coefficient (Wildman–Crippen LogP) is 2.86. The first-order chi connectivity index (χ1) is 9.15. The van der Waals surface area contributed by atoms with Crippen molar-refractivity contribution in [3.63, 3.8) is 0 Å². The van der Waals surface area contributed by atoms with Crippen LogP contribution in [0.25, 0.3) is 0 Å². The highest BCUT2D eigenvalue weighted by molar-refractivity contribution is 7.09. The van der Waals surface area contributed by atoms with Crippen LogP contribution in [-0.4, -0.2) is 22.7 Å². The summed E-state index contributed by atoms with van der Waals surface area (Å²) in [6.45, 7) is 2.59. The summed E-state index contributed by atoms with van der Waals surface area (Å²) in [7, 11) is 0. The molecule has 2 rings (SSSR count). The van der Waals surface area contributed by atoms with Gasteiger partial charge in [0, 0.05) is 11.6 Å². The van der Waals surface area contributed by atoms with Gasteiger partial charge < -0.3 is 9.84 Å². The number of aliphatic hydroxyl groups is 1. The monoisotopic (exact) mass is 283 g/mol. The van der Waals surface area contributed by atoms with Gasteiger partial charge in [0.15, 0.2) is 0 Å². The molecule has 1 fully saturated rings. The van der Waals surface area contributed by atoms with Crippen molar-refractivity contribution in [2.45, 2.75) is 51.0 Å². The quantitative estimate of drug-likeness (QED) is 0.667. The van der Waals surface area contributed by atoms with Crippen molar-refractivity contribution in [3.05, 3.63) is 16.6 Å². The number of ether oxygens (including phenoxy) is 1. The van der Waals surface area contributed by atoms with Gasteiger partial charge in [-0.15, -0.1) is 11.3 Å². The second kappa shape index (κ2) is 6.48. The van der Waals surface area contributed by atoms with E-state index in [-0.39, 0.29) is 11.9 Å². The minimum absolute atomic E-state index is 0.0582.